The topological polar surface area (TPSA) is 67.0 Å². The molecule has 0 unspecified atom stereocenters. The summed E-state index contributed by atoms with van der Waals surface area (Å²) in [7, 11) is 1.80. The number of nitrogens with one attached hydrogen (secondary N) is 2. The van der Waals surface area contributed by atoms with Crippen molar-refractivity contribution in [2.24, 2.45) is 0 Å². The average molecular weight is 273 g/mol. The highest BCUT2D eigenvalue weighted by molar-refractivity contribution is 5.61. The van der Waals surface area contributed by atoms with Crippen molar-refractivity contribution in [1.82, 2.24) is 15.5 Å². The van der Waals surface area contributed by atoms with Gasteiger partial charge in [0.2, 0.25) is 0 Å². The number of ether oxygens (including phenoxy) is 1. The fourth-order valence-electron chi connectivity index (χ4n) is 1.92. The summed E-state index contributed by atoms with van der Waals surface area (Å²) in [5.41, 5.74) is 2.13. The van der Waals surface area contributed by atoms with Crippen LogP contribution in [0.3, 0.4) is 0 Å². The van der Waals surface area contributed by atoms with Crippen molar-refractivity contribution in [3.63, 3.8) is 0 Å². The summed E-state index contributed by atoms with van der Waals surface area (Å²) in [6.45, 7) is 4.47. The molecule has 20 heavy (non-hydrogen) atoms. The van der Waals surface area contributed by atoms with Gasteiger partial charge in [0.25, 0.3) is 5.56 Å². The summed E-state index contributed by atoms with van der Waals surface area (Å²) in [6, 6.07) is 9.48. The fraction of sp³-hybridized carbons (Fsp3) is 0.333. The van der Waals surface area contributed by atoms with Crippen LogP contribution in [0.1, 0.15) is 19.4 Å². The first-order valence-electron chi connectivity index (χ1n) is 6.60. The number of nitrogens with zero attached hydrogens (tertiary/aromatic N) is 1. The van der Waals surface area contributed by atoms with E-state index in [-0.39, 0.29) is 11.7 Å². The van der Waals surface area contributed by atoms with Crippen molar-refractivity contribution >= 4 is 0 Å². The predicted molar refractivity (Wildman–Crippen MR) is 78.8 cm³/mol. The van der Waals surface area contributed by atoms with E-state index >= 15 is 0 Å². The molecule has 5 nitrogen and oxygen atoms in total. The maximum Gasteiger partial charge on any atom is 0.268 e. The molecular weight excluding hydrogens is 254 g/mol. The van der Waals surface area contributed by atoms with Crippen molar-refractivity contribution in [3.8, 4) is 17.0 Å². The van der Waals surface area contributed by atoms with Gasteiger partial charge in [0, 0.05) is 17.7 Å². The lowest BCUT2D eigenvalue weighted by molar-refractivity contribution is 0.242. The van der Waals surface area contributed by atoms with Gasteiger partial charge < -0.3 is 10.1 Å². The van der Waals surface area contributed by atoms with Gasteiger partial charge in [-0.05, 0) is 39.1 Å². The molecule has 0 atom stereocenters. The quantitative estimate of drug-likeness (QED) is 0.873. The van der Waals surface area contributed by atoms with Gasteiger partial charge in [-0.25, -0.2) is 5.10 Å². The second-order valence-corrected chi connectivity index (χ2v) is 4.83. The van der Waals surface area contributed by atoms with Crippen molar-refractivity contribution in [3.05, 3.63) is 46.2 Å². The van der Waals surface area contributed by atoms with Crippen LogP contribution < -0.4 is 15.6 Å². The summed E-state index contributed by atoms with van der Waals surface area (Å²) >= 11 is 0. The minimum absolute atomic E-state index is 0.119. The molecule has 0 fully saturated rings. The maximum absolute atomic E-state index is 11.6. The standard InChI is InChI=1S/C15H19N3O2/c1-10(2)20-13-6-4-5-11(7-13)14-8-12(9-16-3)15(19)18-17-14/h4-8,10,16H,9H2,1-3H3,(H,18,19). The fourth-order valence-corrected chi connectivity index (χ4v) is 1.92. The molecule has 0 amide bonds. The molecular formula is C15H19N3O2. The van der Waals surface area contributed by atoms with E-state index in [0.717, 1.165) is 17.0 Å². The first-order chi connectivity index (χ1) is 9.60. The van der Waals surface area contributed by atoms with E-state index in [1.54, 1.807) is 13.1 Å². The Morgan fingerprint density at radius 2 is 2.15 bits per heavy atom. The van der Waals surface area contributed by atoms with Crippen LogP contribution in [0.4, 0.5) is 0 Å². The summed E-state index contributed by atoms with van der Waals surface area (Å²) < 4.78 is 5.67. The molecule has 0 spiro atoms. The predicted octanol–water partition coefficient (Wildman–Crippen LogP) is 1.94. The van der Waals surface area contributed by atoms with Crippen LogP contribution in [0.2, 0.25) is 0 Å². The molecule has 1 aromatic heterocycles. The molecule has 0 aliphatic heterocycles. The Morgan fingerprint density at radius 3 is 2.85 bits per heavy atom. The Bertz CT molecular complexity index is 635. The maximum atomic E-state index is 11.6. The highest BCUT2D eigenvalue weighted by atomic mass is 16.5. The largest absolute Gasteiger partial charge is 0.491 e. The smallest absolute Gasteiger partial charge is 0.268 e. The van der Waals surface area contributed by atoms with Crippen molar-refractivity contribution < 1.29 is 4.74 Å². The SMILES string of the molecule is CNCc1cc(-c2cccc(OC(C)C)c2)n[nH]c1=O. The molecule has 2 rings (SSSR count). The number of H-pyrrole nitrogens is 1. The molecule has 0 radical (unpaired) electrons. The summed E-state index contributed by atoms with van der Waals surface area (Å²) in [5.74, 6) is 0.792. The number of aromatic amines is 1. The Balaban J connectivity index is 2.36. The minimum Gasteiger partial charge on any atom is -0.491 e. The minimum atomic E-state index is -0.169. The molecule has 0 aliphatic rings. The van der Waals surface area contributed by atoms with Gasteiger partial charge in [-0.2, -0.15) is 5.10 Å². The van der Waals surface area contributed by atoms with Gasteiger partial charge in [-0.15, -0.1) is 0 Å². The zero-order chi connectivity index (χ0) is 14.5. The van der Waals surface area contributed by atoms with Gasteiger partial charge in [0.1, 0.15) is 5.75 Å². The van der Waals surface area contributed by atoms with Gasteiger partial charge in [0.15, 0.2) is 0 Å². The van der Waals surface area contributed by atoms with Gasteiger partial charge in [-0.3, -0.25) is 4.79 Å². The zero-order valence-corrected chi connectivity index (χ0v) is 11.9. The van der Waals surface area contributed by atoms with E-state index in [1.165, 1.54) is 0 Å². The van der Waals surface area contributed by atoms with Crippen LogP contribution in [0, 0.1) is 0 Å². The van der Waals surface area contributed by atoms with Gasteiger partial charge >= 0.3 is 0 Å². The van der Waals surface area contributed by atoms with Crippen LogP contribution in [-0.2, 0) is 6.54 Å². The number of hydrogen-bond acceptors (Lipinski definition) is 4. The highest BCUT2D eigenvalue weighted by Crippen LogP contribution is 2.22. The van der Waals surface area contributed by atoms with E-state index in [0.29, 0.717) is 12.1 Å². The second kappa shape index (κ2) is 6.34. The van der Waals surface area contributed by atoms with E-state index in [4.69, 9.17) is 4.74 Å². The van der Waals surface area contributed by atoms with Crippen LogP contribution in [-0.4, -0.2) is 23.3 Å². The van der Waals surface area contributed by atoms with Crippen LogP contribution in [0.5, 0.6) is 5.75 Å². The van der Waals surface area contributed by atoms with Crippen LogP contribution >= 0.6 is 0 Å². The van der Waals surface area contributed by atoms with Crippen LogP contribution in [0.25, 0.3) is 11.3 Å². The number of rotatable bonds is 5. The average Bonchev–Trinajstić information content (AvgIpc) is 2.41. The zero-order valence-electron chi connectivity index (χ0n) is 11.9. The first kappa shape index (κ1) is 14.3. The molecule has 1 heterocycles. The highest BCUT2D eigenvalue weighted by Gasteiger charge is 2.06. The molecule has 2 N–H and O–H groups in total. The molecule has 0 saturated heterocycles. The molecule has 5 heteroatoms. The second-order valence-electron chi connectivity index (χ2n) is 4.83. The summed E-state index contributed by atoms with van der Waals surface area (Å²) in [4.78, 5) is 11.6. The first-order valence-corrected chi connectivity index (χ1v) is 6.60. The van der Waals surface area contributed by atoms with Crippen molar-refractivity contribution in [1.29, 1.82) is 0 Å². The Hall–Kier alpha value is -2.14. The Kier molecular flexibility index (Phi) is 4.53. The lowest BCUT2D eigenvalue weighted by Gasteiger charge is -2.11. The number of hydrogen-bond donors (Lipinski definition) is 2. The lowest BCUT2D eigenvalue weighted by atomic mass is 10.1. The molecule has 0 bridgehead atoms. The van der Waals surface area contributed by atoms with E-state index in [2.05, 4.69) is 15.5 Å². The normalized spacial score (nSPS) is 10.8. The van der Waals surface area contributed by atoms with Crippen LogP contribution in [0.15, 0.2) is 35.1 Å². The Labute approximate surface area is 118 Å². The van der Waals surface area contributed by atoms with Gasteiger partial charge in [-0.1, -0.05) is 12.1 Å². The number of aromatic nitrogens is 2. The molecule has 0 aliphatic carbocycles. The Morgan fingerprint density at radius 1 is 1.35 bits per heavy atom. The van der Waals surface area contributed by atoms with Crippen molar-refractivity contribution in [2.45, 2.75) is 26.5 Å². The third-order valence-corrected chi connectivity index (χ3v) is 2.75. The molecule has 0 saturated carbocycles. The summed E-state index contributed by atoms with van der Waals surface area (Å²) in [5, 5.41) is 9.59. The molecule has 1 aromatic carbocycles. The lowest BCUT2D eigenvalue weighted by Crippen LogP contribution is -2.19. The third kappa shape index (κ3) is 3.45. The van der Waals surface area contributed by atoms with E-state index in [9.17, 15) is 4.79 Å². The number of benzene rings is 1. The molecule has 106 valence electrons. The third-order valence-electron chi connectivity index (χ3n) is 2.75. The monoisotopic (exact) mass is 273 g/mol. The van der Waals surface area contributed by atoms with Gasteiger partial charge in [0.05, 0.1) is 11.8 Å². The van der Waals surface area contributed by atoms with E-state index < -0.39 is 0 Å². The van der Waals surface area contributed by atoms with Crippen molar-refractivity contribution in [2.75, 3.05) is 7.05 Å². The summed E-state index contributed by atoms with van der Waals surface area (Å²) in [6.07, 6.45) is 0.119. The van der Waals surface area contributed by atoms with E-state index in [1.807, 2.05) is 38.1 Å². The molecule has 2 aromatic rings.